The van der Waals surface area contributed by atoms with Crippen molar-refractivity contribution in [1.29, 1.82) is 0 Å². The monoisotopic (exact) mass is 1450 g/mol. The standard InChI is InChI=1S/C54H86O45/c1-53(51(77)78)83-9-17-38(98-53)27(67)32(72)49(91-17)97-42-35(75)50(92-18-10-84-54(2,52(79)80)99-39(18)42)96-41-22(62)12(4-56)86-45(34(41)74)82-7-15-19(59)23(63)28(68)44(89-15)81-8-16-20(60)24(64)29(69)46(90-16)93-36-13(5-57)87-47(30(70)25(36)65)94-37-14(6-58)88-48(31(71)26(37)66)95-40-21(61)11(3-55)85-43(76)33(40)73/h11-50,55-76H,3-10H2,1-2H3,(H,77,78)(H,79,80)/t11-,12-,13-,14-,15-,16-,17-,18-,19-,20-,21+,22-,23+,24+,25-,26-,27-,28-,29-,30-,31-,32-,33-,34-,35-,36-,37-,38+,39-,40+,41+,42-,43-,44-,45-,46+,47+,48+,49+,50+,53?,54?/m1/s1. The number of aliphatic hydroxyl groups is 22. The number of hydrogen-bond donors (Lipinski definition) is 24. The van der Waals surface area contributed by atoms with Crippen molar-refractivity contribution in [2.24, 2.45) is 0 Å². The van der Waals surface area contributed by atoms with Gasteiger partial charge >= 0.3 is 11.9 Å². The molecule has 0 spiro atoms. The van der Waals surface area contributed by atoms with Gasteiger partial charge in [0, 0.05) is 13.8 Å². The fourth-order valence-corrected chi connectivity index (χ4v) is 12.8. The third-order valence-corrected chi connectivity index (χ3v) is 18.7. The number of hydrogen-bond acceptors (Lipinski definition) is 43. The van der Waals surface area contributed by atoms with Crippen LogP contribution in [0.25, 0.3) is 0 Å². The number of rotatable bonds is 22. The van der Waals surface area contributed by atoms with Crippen molar-refractivity contribution in [1.82, 2.24) is 0 Å². The topological polar surface area (TPSA) is 695 Å². The Morgan fingerprint density at radius 3 is 1.11 bits per heavy atom. The number of fused-ring (bicyclic) bond motifs is 2. The molecule has 10 aliphatic rings. The first-order valence-electron chi connectivity index (χ1n) is 31.2. The molecule has 0 aromatic carbocycles. The molecule has 10 saturated heterocycles. The fourth-order valence-electron chi connectivity index (χ4n) is 12.8. The molecule has 10 rings (SSSR count). The number of ether oxygens (including phenoxy) is 19. The van der Waals surface area contributed by atoms with Gasteiger partial charge in [-0.1, -0.05) is 0 Å². The van der Waals surface area contributed by atoms with E-state index in [1.807, 2.05) is 0 Å². The molecule has 10 heterocycles. The van der Waals surface area contributed by atoms with E-state index in [2.05, 4.69) is 0 Å². The van der Waals surface area contributed by atoms with Crippen molar-refractivity contribution < 1.29 is 222 Å². The second-order valence-electron chi connectivity index (χ2n) is 25.4. The van der Waals surface area contributed by atoms with Crippen LogP contribution in [0, 0.1) is 0 Å². The first kappa shape index (κ1) is 78.9. The zero-order chi connectivity index (χ0) is 72.3. The molecule has 2 unspecified atom stereocenters. The van der Waals surface area contributed by atoms with Crippen LogP contribution in [0.2, 0.25) is 0 Å². The van der Waals surface area contributed by atoms with Crippen molar-refractivity contribution in [3.05, 3.63) is 0 Å². The molecule has 45 nitrogen and oxygen atoms in total. The zero-order valence-corrected chi connectivity index (χ0v) is 52.1. The van der Waals surface area contributed by atoms with Crippen molar-refractivity contribution >= 4 is 11.9 Å². The molecule has 572 valence electrons. The van der Waals surface area contributed by atoms with E-state index >= 15 is 0 Å². The summed E-state index contributed by atoms with van der Waals surface area (Å²) in [4.78, 5) is 24.2. The summed E-state index contributed by atoms with van der Waals surface area (Å²) in [7, 11) is 0. The Labute approximate surface area is 557 Å². The molecule has 10 fully saturated rings. The van der Waals surface area contributed by atoms with Crippen LogP contribution in [0.4, 0.5) is 0 Å². The second kappa shape index (κ2) is 32.2. The minimum Gasteiger partial charge on any atom is -0.477 e. The summed E-state index contributed by atoms with van der Waals surface area (Å²) >= 11 is 0. The van der Waals surface area contributed by atoms with E-state index in [0.717, 1.165) is 13.8 Å². The maximum absolute atomic E-state index is 12.3. The minimum absolute atomic E-state index is 0.540. The van der Waals surface area contributed by atoms with Gasteiger partial charge in [-0.15, -0.1) is 0 Å². The van der Waals surface area contributed by atoms with Crippen LogP contribution in [-0.2, 0) is 99.6 Å². The van der Waals surface area contributed by atoms with Gasteiger partial charge in [0.1, 0.15) is 195 Å². The smallest absolute Gasteiger partial charge is 0.364 e. The Kier molecular flexibility index (Phi) is 25.6. The minimum atomic E-state index is -2.42. The van der Waals surface area contributed by atoms with Crippen molar-refractivity contribution in [3.8, 4) is 0 Å². The molecule has 10 aliphatic heterocycles. The molecule has 45 heteroatoms. The molecular formula is C54H86O45. The average molecular weight is 1460 g/mol. The van der Waals surface area contributed by atoms with E-state index in [1.165, 1.54) is 0 Å². The highest BCUT2D eigenvalue weighted by Gasteiger charge is 2.62. The van der Waals surface area contributed by atoms with Gasteiger partial charge in [0.25, 0.3) is 11.6 Å². The van der Waals surface area contributed by atoms with E-state index in [4.69, 9.17) is 90.0 Å². The molecule has 0 saturated carbocycles. The van der Waals surface area contributed by atoms with Gasteiger partial charge in [-0.25, -0.2) is 9.59 Å². The molecule has 0 aliphatic carbocycles. The first-order chi connectivity index (χ1) is 46.7. The fraction of sp³-hybridized carbons (Fsp3) is 0.963. The van der Waals surface area contributed by atoms with Crippen molar-refractivity contribution in [2.75, 3.05) is 52.9 Å². The largest absolute Gasteiger partial charge is 0.477 e. The normalized spacial score (nSPS) is 53.7. The molecule has 24 N–H and O–H groups in total. The lowest BCUT2D eigenvalue weighted by atomic mass is 9.94. The summed E-state index contributed by atoms with van der Waals surface area (Å²) in [6, 6.07) is 0. The molecule has 0 amide bonds. The molecule has 0 bridgehead atoms. The number of carbonyl (C=O) groups is 2. The van der Waals surface area contributed by atoms with Crippen LogP contribution in [0.5, 0.6) is 0 Å². The average Bonchev–Trinajstić information content (AvgIpc) is 0.759. The Bertz CT molecular complexity index is 2620. The summed E-state index contributed by atoms with van der Waals surface area (Å²) < 4.78 is 107. The Balaban J connectivity index is 0.754. The van der Waals surface area contributed by atoms with Crippen molar-refractivity contribution in [2.45, 2.75) is 271 Å². The Morgan fingerprint density at radius 1 is 0.323 bits per heavy atom. The van der Waals surface area contributed by atoms with E-state index < -0.39 is 322 Å². The van der Waals surface area contributed by atoms with Gasteiger partial charge in [-0.05, 0) is 0 Å². The molecule has 0 aromatic heterocycles. The Morgan fingerprint density at radius 2 is 0.646 bits per heavy atom. The van der Waals surface area contributed by atoms with Gasteiger partial charge in [0.15, 0.2) is 50.3 Å². The second-order valence-corrected chi connectivity index (χ2v) is 25.4. The van der Waals surface area contributed by atoms with Gasteiger partial charge in [0.05, 0.1) is 52.9 Å². The predicted octanol–water partition coefficient (Wildman–Crippen LogP) is -16.7. The van der Waals surface area contributed by atoms with Crippen LogP contribution < -0.4 is 0 Å². The maximum Gasteiger partial charge on any atom is 0.364 e. The summed E-state index contributed by atoms with van der Waals surface area (Å²) in [6.07, 6.45) is -77.9. The lowest BCUT2D eigenvalue weighted by molar-refractivity contribution is -0.423. The lowest BCUT2D eigenvalue weighted by Crippen LogP contribution is -2.71. The number of aliphatic carboxylic acids is 2. The predicted molar refractivity (Wildman–Crippen MR) is 292 cm³/mol. The summed E-state index contributed by atoms with van der Waals surface area (Å²) in [6.45, 7) is -5.04. The van der Waals surface area contributed by atoms with Crippen LogP contribution in [0.1, 0.15) is 13.8 Å². The summed E-state index contributed by atoms with van der Waals surface area (Å²) in [5.41, 5.74) is 0. The SMILES string of the molecule is CC1(C(=O)O)OC[C@H]2O[C@@H](O[C@@H]3[C@@H](O)[C@H](O[C@@H]4[C@@H](O)[C@H](OC[C@H]5O[C@@H](OC[C@H]6O[C@@H](O[C@H]7[C@H](O)[C@@H](O)[C@H](O[C@H]8[C@H](O)[C@@H](O)[C@H](O[C@@H]9[C@@H](O)[C@H](O)O[C@H](CO)[C@@H]9O)O[C@@H]8CO)O[C@@H]7CO)[C@H](O)[C@@H](O)[C@@H]6O)[C@H](O)[C@@H](O)[C@@H]5O)O[C@H](CO)[C@H]4O)O[C@@H]4COC(C)(C(=O)O)O[C@@H]34)[C@H](O)[C@@H](O)[C@H]2O1. The highest BCUT2D eigenvalue weighted by Crippen LogP contribution is 2.42. The molecule has 42 atom stereocenters. The summed E-state index contributed by atoms with van der Waals surface area (Å²) in [5, 5.41) is 259. The lowest BCUT2D eigenvalue weighted by Gasteiger charge is -2.53. The van der Waals surface area contributed by atoms with E-state index in [0.29, 0.717) is 0 Å². The molecule has 0 aromatic rings. The van der Waals surface area contributed by atoms with E-state index in [1.54, 1.807) is 0 Å². The Hall–Kier alpha value is -2.70. The van der Waals surface area contributed by atoms with Gasteiger partial charge in [0.2, 0.25) is 0 Å². The van der Waals surface area contributed by atoms with E-state index in [9.17, 15) is 132 Å². The number of carboxylic acid groups (broad SMARTS) is 2. The third-order valence-electron chi connectivity index (χ3n) is 18.7. The summed E-state index contributed by atoms with van der Waals surface area (Å²) in [5.74, 6) is -7.92. The maximum atomic E-state index is 12.3. The third kappa shape index (κ3) is 15.8. The van der Waals surface area contributed by atoms with Crippen molar-refractivity contribution in [3.63, 3.8) is 0 Å². The van der Waals surface area contributed by atoms with Crippen LogP contribution >= 0.6 is 0 Å². The van der Waals surface area contributed by atoms with Gasteiger partial charge in [-0.2, -0.15) is 0 Å². The molecule has 99 heavy (non-hydrogen) atoms. The molecular weight excluding hydrogens is 1370 g/mol. The van der Waals surface area contributed by atoms with Crippen LogP contribution in [-0.4, -0.2) is 445 Å². The first-order valence-corrected chi connectivity index (χ1v) is 31.2. The highest BCUT2D eigenvalue weighted by atomic mass is 16.8. The molecule has 0 radical (unpaired) electrons. The van der Waals surface area contributed by atoms with Crippen LogP contribution in [0.15, 0.2) is 0 Å². The van der Waals surface area contributed by atoms with Crippen LogP contribution in [0.3, 0.4) is 0 Å². The van der Waals surface area contributed by atoms with Gasteiger partial charge < -0.3 is 213 Å². The highest BCUT2D eigenvalue weighted by molar-refractivity contribution is 5.75. The van der Waals surface area contributed by atoms with E-state index in [-0.39, 0.29) is 0 Å². The number of carboxylic acids is 2. The zero-order valence-electron chi connectivity index (χ0n) is 52.1. The quantitative estimate of drug-likeness (QED) is 0.0479. The number of aliphatic hydroxyl groups excluding tert-OH is 22. The van der Waals surface area contributed by atoms with Gasteiger partial charge in [-0.3, -0.25) is 0 Å².